The van der Waals surface area contributed by atoms with E-state index in [9.17, 15) is 9.90 Å². The van der Waals surface area contributed by atoms with E-state index >= 15 is 0 Å². The monoisotopic (exact) mass is 367 g/mol. The van der Waals surface area contributed by atoms with Gasteiger partial charge in [-0.2, -0.15) is 0 Å². The molecule has 3 nitrogen and oxygen atoms in total. The van der Waals surface area contributed by atoms with Gasteiger partial charge in [-0.3, -0.25) is 0 Å². The molecule has 0 amide bonds. The van der Waals surface area contributed by atoms with Crippen LogP contribution in [0.25, 0.3) is 10.8 Å². The zero-order chi connectivity index (χ0) is 16.2. The van der Waals surface area contributed by atoms with Crippen LogP contribution in [0.15, 0.2) is 76.2 Å². The summed E-state index contributed by atoms with van der Waals surface area (Å²) in [6.07, 6.45) is 0.287. The highest BCUT2D eigenvalue weighted by molar-refractivity contribution is 9.10. The third kappa shape index (κ3) is 3.85. The normalized spacial score (nSPS) is 11.6. The average molecular weight is 368 g/mol. The van der Waals surface area contributed by atoms with Crippen LogP contribution in [0.2, 0.25) is 0 Å². The summed E-state index contributed by atoms with van der Waals surface area (Å²) in [5.74, 6) is -0.999. The molecule has 0 aliphatic heterocycles. The predicted molar refractivity (Wildman–Crippen MR) is 96.5 cm³/mol. The van der Waals surface area contributed by atoms with Gasteiger partial charge in [-0.15, -0.1) is 0 Å². The Balaban J connectivity index is 1.93. The first-order valence-electron chi connectivity index (χ1n) is 7.16. The van der Waals surface area contributed by atoms with Gasteiger partial charge < -0.3 is 5.11 Å². The Bertz CT molecular complexity index is 885. The van der Waals surface area contributed by atoms with Gasteiger partial charge in [-0.05, 0) is 40.6 Å². The van der Waals surface area contributed by atoms with Gasteiger partial charge in [-0.25, -0.2) is 9.79 Å². The molecule has 0 spiro atoms. The van der Waals surface area contributed by atoms with Gasteiger partial charge >= 0.3 is 5.97 Å². The van der Waals surface area contributed by atoms with E-state index in [0.717, 1.165) is 20.8 Å². The van der Waals surface area contributed by atoms with E-state index in [1.165, 1.54) is 0 Å². The first kappa shape index (κ1) is 15.4. The number of nitrogens with zero attached hydrogens (tertiary/aromatic N) is 1. The lowest BCUT2D eigenvalue weighted by atomic mass is 10.1. The van der Waals surface area contributed by atoms with Crippen LogP contribution in [-0.2, 0) is 11.2 Å². The first-order chi connectivity index (χ1) is 11.1. The zero-order valence-electron chi connectivity index (χ0n) is 12.2. The van der Waals surface area contributed by atoms with Crippen LogP contribution in [0.4, 0.5) is 5.69 Å². The van der Waals surface area contributed by atoms with Crippen molar-refractivity contribution < 1.29 is 9.90 Å². The van der Waals surface area contributed by atoms with Gasteiger partial charge in [0.05, 0.1) is 5.69 Å². The number of halogens is 1. The van der Waals surface area contributed by atoms with Crippen molar-refractivity contribution >= 4 is 44.1 Å². The molecule has 3 aromatic carbocycles. The number of hydrogen-bond acceptors (Lipinski definition) is 2. The molecular weight excluding hydrogens is 354 g/mol. The molecule has 0 fully saturated rings. The van der Waals surface area contributed by atoms with Gasteiger partial charge in [0.2, 0.25) is 0 Å². The summed E-state index contributed by atoms with van der Waals surface area (Å²) in [6, 6.07) is 21.2. The van der Waals surface area contributed by atoms with Crippen LogP contribution in [0.3, 0.4) is 0 Å². The Morgan fingerprint density at radius 2 is 1.65 bits per heavy atom. The van der Waals surface area contributed by atoms with Crippen molar-refractivity contribution in [2.24, 2.45) is 4.99 Å². The highest BCUT2D eigenvalue weighted by Gasteiger charge is 2.11. The third-order valence-corrected chi connectivity index (χ3v) is 4.06. The van der Waals surface area contributed by atoms with Gasteiger partial charge in [-0.1, -0.05) is 58.4 Å². The number of carboxylic acid groups (broad SMARTS) is 1. The van der Waals surface area contributed by atoms with Crippen LogP contribution < -0.4 is 0 Å². The number of rotatable bonds is 4. The fraction of sp³-hybridized carbons (Fsp3) is 0.0526. The topological polar surface area (TPSA) is 49.7 Å². The highest BCUT2D eigenvalue weighted by atomic mass is 79.9. The van der Waals surface area contributed by atoms with Crippen molar-refractivity contribution in [2.75, 3.05) is 0 Å². The largest absolute Gasteiger partial charge is 0.477 e. The van der Waals surface area contributed by atoms with Crippen LogP contribution in [0.1, 0.15) is 5.56 Å². The smallest absolute Gasteiger partial charge is 0.350 e. The van der Waals surface area contributed by atoms with Crippen molar-refractivity contribution in [3.63, 3.8) is 0 Å². The highest BCUT2D eigenvalue weighted by Crippen LogP contribution is 2.22. The van der Waals surface area contributed by atoms with Gasteiger partial charge in [0.1, 0.15) is 5.71 Å². The second kappa shape index (κ2) is 6.75. The lowest BCUT2D eigenvalue weighted by Crippen LogP contribution is -2.15. The molecule has 0 aromatic heterocycles. The Labute approximate surface area is 142 Å². The van der Waals surface area contributed by atoms with E-state index in [-0.39, 0.29) is 12.1 Å². The van der Waals surface area contributed by atoms with Crippen LogP contribution in [-0.4, -0.2) is 16.8 Å². The van der Waals surface area contributed by atoms with E-state index in [1.54, 1.807) is 0 Å². The molecule has 3 aromatic rings. The van der Waals surface area contributed by atoms with Crippen molar-refractivity contribution in [1.82, 2.24) is 0 Å². The molecule has 0 unspecified atom stereocenters. The second-order valence-electron chi connectivity index (χ2n) is 5.20. The summed E-state index contributed by atoms with van der Waals surface area (Å²) in [6.45, 7) is 0. The minimum atomic E-state index is -0.999. The third-order valence-electron chi connectivity index (χ3n) is 3.53. The SMILES string of the molecule is O=C(O)C(Cc1ccc(Br)cc1)=Nc1ccc2ccccc2c1. The van der Waals surface area contributed by atoms with Crippen LogP contribution in [0.5, 0.6) is 0 Å². The number of fused-ring (bicyclic) bond motifs is 1. The molecular formula is C19H14BrNO2. The van der Waals surface area contributed by atoms with Crippen molar-refractivity contribution in [3.8, 4) is 0 Å². The quantitative estimate of drug-likeness (QED) is 0.659. The Morgan fingerprint density at radius 3 is 2.35 bits per heavy atom. The molecule has 114 valence electrons. The molecule has 0 aliphatic carbocycles. The molecule has 4 heteroatoms. The maximum Gasteiger partial charge on any atom is 0.350 e. The van der Waals surface area contributed by atoms with E-state index in [1.807, 2.05) is 66.7 Å². The molecule has 0 saturated carbocycles. The minimum Gasteiger partial charge on any atom is -0.477 e. The summed E-state index contributed by atoms with van der Waals surface area (Å²) in [5, 5.41) is 11.6. The average Bonchev–Trinajstić information content (AvgIpc) is 2.56. The Morgan fingerprint density at radius 1 is 0.957 bits per heavy atom. The van der Waals surface area contributed by atoms with E-state index in [0.29, 0.717) is 5.69 Å². The first-order valence-corrected chi connectivity index (χ1v) is 7.95. The predicted octanol–water partition coefficient (Wildman–Crippen LogP) is 5.00. The van der Waals surface area contributed by atoms with Crippen molar-refractivity contribution in [2.45, 2.75) is 6.42 Å². The molecule has 3 rings (SSSR count). The molecule has 0 heterocycles. The standard InChI is InChI=1S/C19H14BrNO2/c20-16-8-5-13(6-9-16)11-18(19(22)23)21-17-10-7-14-3-1-2-4-15(14)12-17/h1-10,12H,11H2,(H,22,23). The zero-order valence-corrected chi connectivity index (χ0v) is 13.8. The van der Waals surface area contributed by atoms with Crippen molar-refractivity contribution in [3.05, 3.63) is 76.8 Å². The molecule has 0 saturated heterocycles. The summed E-state index contributed by atoms with van der Waals surface area (Å²) >= 11 is 3.37. The fourth-order valence-corrected chi connectivity index (χ4v) is 2.62. The van der Waals surface area contributed by atoms with Gasteiger partial charge in [0, 0.05) is 10.9 Å². The van der Waals surface area contributed by atoms with Crippen molar-refractivity contribution in [1.29, 1.82) is 0 Å². The van der Waals surface area contributed by atoms with E-state index < -0.39 is 5.97 Å². The lowest BCUT2D eigenvalue weighted by Gasteiger charge is -2.04. The molecule has 0 bridgehead atoms. The Kier molecular flexibility index (Phi) is 4.53. The summed E-state index contributed by atoms with van der Waals surface area (Å²) in [4.78, 5) is 15.8. The fourth-order valence-electron chi connectivity index (χ4n) is 2.36. The number of aliphatic imine (C=N–C) groups is 1. The summed E-state index contributed by atoms with van der Waals surface area (Å²) in [5.41, 5.74) is 1.69. The number of hydrogen-bond donors (Lipinski definition) is 1. The minimum absolute atomic E-state index is 0.127. The van der Waals surface area contributed by atoms with E-state index in [2.05, 4.69) is 20.9 Å². The number of benzene rings is 3. The summed E-state index contributed by atoms with van der Waals surface area (Å²) < 4.78 is 0.963. The summed E-state index contributed by atoms with van der Waals surface area (Å²) in [7, 11) is 0. The lowest BCUT2D eigenvalue weighted by molar-refractivity contribution is -0.129. The van der Waals surface area contributed by atoms with Gasteiger partial charge in [0.15, 0.2) is 0 Å². The molecule has 0 radical (unpaired) electrons. The number of carbonyl (C=O) groups is 1. The molecule has 23 heavy (non-hydrogen) atoms. The van der Waals surface area contributed by atoms with Crippen LogP contribution >= 0.6 is 15.9 Å². The maximum absolute atomic E-state index is 11.5. The maximum atomic E-state index is 11.5. The second-order valence-corrected chi connectivity index (χ2v) is 6.11. The number of aliphatic carboxylic acids is 1. The number of carboxylic acids is 1. The van der Waals surface area contributed by atoms with Gasteiger partial charge in [0.25, 0.3) is 0 Å². The van der Waals surface area contributed by atoms with Crippen LogP contribution in [0, 0.1) is 0 Å². The molecule has 0 aliphatic rings. The molecule has 1 N–H and O–H groups in total. The Hall–Kier alpha value is -2.46. The van der Waals surface area contributed by atoms with E-state index in [4.69, 9.17) is 0 Å². The molecule has 0 atom stereocenters.